The van der Waals surface area contributed by atoms with Gasteiger partial charge in [-0.3, -0.25) is 9.59 Å². The molecule has 4 aromatic rings. The van der Waals surface area contributed by atoms with E-state index >= 15 is 0 Å². The molecule has 0 bridgehead atoms. The van der Waals surface area contributed by atoms with Crippen LogP contribution in [0.5, 0.6) is 5.75 Å². The van der Waals surface area contributed by atoms with Crippen molar-refractivity contribution in [3.8, 4) is 11.4 Å². The standard InChI is InChI=1S/C22H21ClN4O4/c1-26-16-7-5-4-6-14(16)18-19(21(28)24-10-11-30-2)25-27(22(29)20(18)26)13-8-9-17(31-3)15(23)12-13/h4-9,12H,10-11H2,1-3H3,(H,24,28). The summed E-state index contributed by atoms with van der Waals surface area (Å²) in [6, 6.07) is 12.4. The number of fused-ring (bicyclic) bond motifs is 3. The van der Waals surface area contributed by atoms with Gasteiger partial charge in [0.2, 0.25) is 0 Å². The van der Waals surface area contributed by atoms with Crippen LogP contribution in [0.3, 0.4) is 0 Å². The zero-order valence-corrected chi connectivity index (χ0v) is 18.1. The molecule has 160 valence electrons. The molecule has 4 rings (SSSR count). The van der Waals surface area contributed by atoms with Crippen LogP contribution in [0, 0.1) is 0 Å². The van der Waals surface area contributed by atoms with Gasteiger partial charge in [-0.05, 0) is 24.3 Å². The normalized spacial score (nSPS) is 11.2. The Morgan fingerprint density at radius 2 is 1.97 bits per heavy atom. The van der Waals surface area contributed by atoms with E-state index in [0.717, 1.165) is 10.9 Å². The first-order valence-electron chi connectivity index (χ1n) is 9.59. The quantitative estimate of drug-likeness (QED) is 0.466. The van der Waals surface area contributed by atoms with Crippen molar-refractivity contribution in [2.24, 2.45) is 7.05 Å². The molecule has 0 unspecified atom stereocenters. The Labute approximate surface area is 182 Å². The molecular weight excluding hydrogens is 420 g/mol. The SMILES string of the molecule is COCCNC(=O)c1nn(-c2ccc(OC)c(Cl)c2)c(=O)c2c1c1ccccc1n2C. The van der Waals surface area contributed by atoms with Crippen LogP contribution in [0.2, 0.25) is 5.02 Å². The number of methoxy groups -OCH3 is 2. The molecular formula is C22H21ClN4O4. The van der Waals surface area contributed by atoms with Crippen molar-refractivity contribution in [3.05, 3.63) is 63.5 Å². The topological polar surface area (TPSA) is 87.4 Å². The number of nitrogens with zero attached hydrogens (tertiary/aromatic N) is 3. The summed E-state index contributed by atoms with van der Waals surface area (Å²) in [6.45, 7) is 0.676. The zero-order valence-electron chi connectivity index (χ0n) is 17.3. The lowest BCUT2D eigenvalue weighted by Gasteiger charge is -2.12. The lowest BCUT2D eigenvalue weighted by Crippen LogP contribution is -2.32. The molecule has 2 heterocycles. The van der Waals surface area contributed by atoms with Crippen LogP contribution in [-0.4, -0.2) is 47.6 Å². The summed E-state index contributed by atoms with van der Waals surface area (Å²) in [5.74, 6) is 0.0773. The minimum Gasteiger partial charge on any atom is -0.495 e. The van der Waals surface area contributed by atoms with Crippen molar-refractivity contribution in [1.82, 2.24) is 19.7 Å². The van der Waals surface area contributed by atoms with Gasteiger partial charge in [0.25, 0.3) is 11.5 Å². The summed E-state index contributed by atoms with van der Waals surface area (Å²) in [5, 5.41) is 8.86. The molecule has 0 radical (unpaired) electrons. The van der Waals surface area contributed by atoms with E-state index in [2.05, 4.69) is 10.4 Å². The van der Waals surface area contributed by atoms with Gasteiger partial charge in [0.15, 0.2) is 5.69 Å². The summed E-state index contributed by atoms with van der Waals surface area (Å²) >= 11 is 6.27. The largest absolute Gasteiger partial charge is 0.495 e. The van der Waals surface area contributed by atoms with Gasteiger partial charge in [0.05, 0.1) is 24.4 Å². The Morgan fingerprint density at radius 1 is 1.19 bits per heavy atom. The third-order valence-electron chi connectivity index (χ3n) is 5.13. The molecule has 2 aromatic carbocycles. The average molecular weight is 441 g/mol. The molecule has 0 aliphatic carbocycles. The number of rotatable bonds is 6. The number of para-hydroxylation sites is 1. The number of hydrogen-bond donors (Lipinski definition) is 1. The highest BCUT2D eigenvalue weighted by Crippen LogP contribution is 2.30. The Kier molecular flexibility index (Phi) is 5.67. The second-order valence-corrected chi connectivity index (χ2v) is 7.34. The van der Waals surface area contributed by atoms with Gasteiger partial charge in [-0.1, -0.05) is 29.8 Å². The lowest BCUT2D eigenvalue weighted by atomic mass is 10.1. The van der Waals surface area contributed by atoms with Crippen molar-refractivity contribution in [3.63, 3.8) is 0 Å². The number of carbonyl (C=O) groups is 1. The fraction of sp³-hybridized carbons (Fsp3) is 0.227. The van der Waals surface area contributed by atoms with Crippen LogP contribution in [0.4, 0.5) is 0 Å². The fourth-order valence-corrected chi connectivity index (χ4v) is 3.90. The molecule has 0 saturated heterocycles. The summed E-state index contributed by atoms with van der Waals surface area (Å²) in [6.07, 6.45) is 0. The minimum atomic E-state index is -0.397. The first-order valence-corrected chi connectivity index (χ1v) is 9.97. The predicted octanol–water partition coefficient (Wildman–Crippen LogP) is 2.92. The molecule has 0 saturated carbocycles. The van der Waals surface area contributed by atoms with E-state index in [1.165, 1.54) is 11.8 Å². The minimum absolute atomic E-state index is 0.148. The highest BCUT2D eigenvalue weighted by Gasteiger charge is 2.23. The monoisotopic (exact) mass is 440 g/mol. The molecule has 0 spiro atoms. The maximum atomic E-state index is 13.5. The van der Waals surface area contributed by atoms with Crippen LogP contribution in [0.15, 0.2) is 47.3 Å². The van der Waals surface area contributed by atoms with Gasteiger partial charge in [0, 0.05) is 37.0 Å². The van der Waals surface area contributed by atoms with Crippen molar-refractivity contribution in [1.29, 1.82) is 0 Å². The van der Waals surface area contributed by atoms with Crippen LogP contribution in [0.1, 0.15) is 10.5 Å². The Balaban J connectivity index is 2.03. The van der Waals surface area contributed by atoms with Crippen LogP contribution in [0.25, 0.3) is 27.5 Å². The number of carbonyl (C=O) groups excluding carboxylic acids is 1. The molecule has 1 N–H and O–H groups in total. The highest BCUT2D eigenvalue weighted by molar-refractivity contribution is 6.32. The summed E-state index contributed by atoms with van der Waals surface area (Å²) < 4.78 is 13.2. The number of hydrogen-bond acceptors (Lipinski definition) is 5. The number of halogens is 1. The molecule has 0 fully saturated rings. The van der Waals surface area contributed by atoms with E-state index in [4.69, 9.17) is 21.1 Å². The Bertz CT molecular complexity index is 1360. The molecule has 2 aromatic heterocycles. The van der Waals surface area contributed by atoms with Crippen LogP contribution < -0.4 is 15.6 Å². The van der Waals surface area contributed by atoms with E-state index in [-0.39, 0.29) is 11.3 Å². The van der Waals surface area contributed by atoms with Crippen LogP contribution in [-0.2, 0) is 11.8 Å². The van der Waals surface area contributed by atoms with E-state index in [1.54, 1.807) is 36.9 Å². The van der Waals surface area contributed by atoms with Crippen molar-refractivity contribution < 1.29 is 14.3 Å². The molecule has 31 heavy (non-hydrogen) atoms. The Morgan fingerprint density at radius 3 is 2.68 bits per heavy atom. The fourth-order valence-electron chi connectivity index (χ4n) is 3.65. The second kappa shape index (κ2) is 8.41. The maximum absolute atomic E-state index is 13.5. The van der Waals surface area contributed by atoms with Gasteiger partial charge in [-0.25, -0.2) is 0 Å². The number of amides is 1. The second-order valence-electron chi connectivity index (χ2n) is 6.93. The third kappa shape index (κ3) is 3.54. The van der Waals surface area contributed by atoms with E-state index in [1.807, 2.05) is 24.3 Å². The number of ether oxygens (including phenoxy) is 2. The highest BCUT2D eigenvalue weighted by atomic mass is 35.5. The van der Waals surface area contributed by atoms with Gasteiger partial charge in [0.1, 0.15) is 11.3 Å². The molecule has 1 amide bonds. The summed E-state index contributed by atoms with van der Waals surface area (Å²) in [7, 11) is 4.86. The zero-order chi connectivity index (χ0) is 22.1. The molecule has 0 aliphatic rings. The molecule has 9 heteroatoms. The van der Waals surface area contributed by atoms with Gasteiger partial charge in [-0.2, -0.15) is 9.78 Å². The van der Waals surface area contributed by atoms with E-state index in [0.29, 0.717) is 40.5 Å². The Hall–Kier alpha value is -3.36. The van der Waals surface area contributed by atoms with Crippen molar-refractivity contribution in [2.45, 2.75) is 0 Å². The number of aryl methyl sites for hydroxylation is 1. The smallest absolute Gasteiger partial charge is 0.296 e. The first-order chi connectivity index (χ1) is 15.0. The summed E-state index contributed by atoms with van der Waals surface area (Å²) in [5.41, 5.74) is 1.42. The maximum Gasteiger partial charge on any atom is 0.296 e. The average Bonchev–Trinajstić information content (AvgIpc) is 3.07. The number of benzene rings is 2. The van der Waals surface area contributed by atoms with Crippen LogP contribution >= 0.6 is 11.6 Å². The third-order valence-corrected chi connectivity index (χ3v) is 5.42. The predicted molar refractivity (Wildman–Crippen MR) is 120 cm³/mol. The first kappa shape index (κ1) is 20.9. The number of aromatic nitrogens is 3. The van der Waals surface area contributed by atoms with Gasteiger partial charge in [-0.15, -0.1) is 0 Å². The van der Waals surface area contributed by atoms with Gasteiger partial charge >= 0.3 is 0 Å². The van der Waals surface area contributed by atoms with E-state index < -0.39 is 5.91 Å². The number of nitrogens with one attached hydrogen (secondary N) is 1. The lowest BCUT2D eigenvalue weighted by molar-refractivity contribution is 0.0932. The molecule has 0 aliphatic heterocycles. The molecule has 8 nitrogen and oxygen atoms in total. The van der Waals surface area contributed by atoms with E-state index in [9.17, 15) is 9.59 Å². The van der Waals surface area contributed by atoms with Gasteiger partial charge < -0.3 is 19.4 Å². The summed E-state index contributed by atoms with van der Waals surface area (Å²) in [4.78, 5) is 26.5. The molecule has 0 atom stereocenters. The van der Waals surface area contributed by atoms with Crippen molar-refractivity contribution >= 4 is 39.3 Å². The van der Waals surface area contributed by atoms with Crippen molar-refractivity contribution in [2.75, 3.05) is 27.4 Å².